The second kappa shape index (κ2) is 18.8. The van der Waals surface area contributed by atoms with E-state index in [9.17, 15) is 18.0 Å². The van der Waals surface area contributed by atoms with Crippen LogP contribution in [0.1, 0.15) is 25.8 Å². The number of ether oxygens (including phenoxy) is 1. The monoisotopic (exact) mass is 722 g/mol. The number of amides is 1. The van der Waals surface area contributed by atoms with E-state index < -0.39 is 17.8 Å². The zero-order valence-electron chi connectivity index (χ0n) is 25.6. The molecule has 0 radical (unpaired) electrons. The molecule has 0 aliphatic carbocycles. The minimum absolute atomic E-state index is 0. The van der Waals surface area contributed by atoms with Gasteiger partial charge in [0.2, 0.25) is 0 Å². The molecule has 0 aromatic heterocycles. The van der Waals surface area contributed by atoms with Crippen LogP contribution in [0, 0.1) is 0 Å². The van der Waals surface area contributed by atoms with E-state index in [1.54, 1.807) is 44.2 Å². The average molecular weight is 724 g/mol. The number of aliphatic hydroxyl groups is 1. The van der Waals surface area contributed by atoms with Crippen molar-refractivity contribution in [2.75, 3.05) is 62.6 Å². The summed E-state index contributed by atoms with van der Waals surface area (Å²) in [5.74, 6) is 0. The van der Waals surface area contributed by atoms with Crippen LogP contribution in [0.25, 0.3) is 0 Å². The molecule has 7 nitrogen and oxygen atoms in total. The van der Waals surface area contributed by atoms with E-state index in [0.29, 0.717) is 29.5 Å². The lowest BCUT2D eigenvalue weighted by Crippen LogP contribution is -2.47. The number of hydrogen-bond donors (Lipinski definition) is 2. The van der Waals surface area contributed by atoms with Crippen LogP contribution >= 0.6 is 48.2 Å². The average Bonchev–Trinajstić information content (AvgIpc) is 2.97. The van der Waals surface area contributed by atoms with E-state index in [4.69, 9.17) is 21.4 Å². The summed E-state index contributed by atoms with van der Waals surface area (Å²) in [7, 11) is 0. The zero-order valence-corrected chi connectivity index (χ0v) is 28.8. The van der Waals surface area contributed by atoms with Gasteiger partial charge in [0.15, 0.2) is 0 Å². The van der Waals surface area contributed by atoms with Crippen LogP contribution in [0.15, 0.2) is 76.5 Å². The number of benzene rings is 3. The number of aliphatic hydroxyl groups excluding tert-OH is 1. The third kappa shape index (κ3) is 11.7. The Morgan fingerprint density at radius 1 is 0.913 bits per heavy atom. The summed E-state index contributed by atoms with van der Waals surface area (Å²) in [5.41, 5.74) is 1.64. The highest BCUT2D eigenvalue weighted by Crippen LogP contribution is 2.49. The number of rotatable bonds is 8. The van der Waals surface area contributed by atoms with Gasteiger partial charge in [0.05, 0.1) is 29.6 Å². The molecule has 0 atom stereocenters. The Morgan fingerprint density at radius 2 is 1.57 bits per heavy atom. The molecule has 2 N–H and O–H groups in total. The largest absolute Gasteiger partial charge is 0.447 e. The van der Waals surface area contributed by atoms with Crippen LogP contribution < -0.4 is 10.2 Å². The van der Waals surface area contributed by atoms with E-state index in [1.807, 2.05) is 29.2 Å². The fraction of sp³-hybridized carbons (Fsp3) is 0.406. The van der Waals surface area contributed by atoms with Gasteiger partial charge in [-0.25, -0.2) is 4.79 Å². The van der Waals surface area contributed by atoms with Gasteiger partial charge < -0.3 is 19.6 Å². The van der Waals surface area contributed by atoms with Crippen LogP contribution in [0.3, 0.4) is 0 Å². The lowest BCUT2D eigenvalue weighted by atomic mass is 10.1. The van der Waals surface area contributed by atoms with Gasteiger partial charge in [-0.2, -0.15) is 13.2 Å². The maximum atomic E-state index is 13.3. The predicted octanol–water partition coefficient (Wildman–Crippen LogP) is 8.45. The van der Waals surface area contributed by atoms with Crippen LogP contribution in [0.5, 0.6) is 0 Å². The first-order valence-electron chi connectivity index (χ1n) is 14.6. The number of nitrogens with zero attached hydrogens (tertiary/aromatic N) is 3. The van der Waals surface area contributed by atoms with Gasteiger partial charge in [-0.05, 0) is 75.3 Å². The Bertz CT molecular complexity index is 1400. The number of carbonyl (C=O) groups is 1. The lowest BCUT2D eigenvalue weighted by Gasteiger charge is -2.36. The van der Waals surface area contributed by atoms with Crippen molar-refractivity contribution in [1.82, 2.24) is 9.80 Å². The molecule has 0 bridgehead atoms. The van der Waals surface area contributed by atoms with Gasteiger partial charge in [-0.3, -0.25) is 10.2 Å². The highest BCUT2D eigenvalue weighted by Gasteiger charge is 2.33. The molecule has 2 aliphatic rings. The Hall–Kier alpha value is -2.38. The minimum Gasteiger partial charge on any atom is -0.447 e. The van der Waals surface area contributed by atoms with Crippen molar-refractivity contribution >= 4 is 71.3 Å². The van der Waals surface area contributed by atoms with Gasteiger partial charge in [0.25, 0.3) is 0 Å². The smallest absolute Gasteiger partial charge is 0.416 e. The molecule has 0 saturated carbocycles. The fourth-order valence-electron chi connectivity index (χ4n) is 5.00. The van der Waals surface area contributed by atoms with Crippen molar-refractivity contribution in [1.29, 1.82) is 0 Å². The van der Waals surface area contributed by atoms with Crippen molar-refractivity contribution in [2.45, 2.75) is 42.3 Å². The molecule has 14 heteroatoms. The molecule has 2 heterocycles. The number of para-hydroxylation sites is 1. The molecule has 0 spiro atoms. The van der Waals surface area contributed by atoms with Crippen LogP contribution in [0.4, 0.5) is 35.0 Å². The van der Waals surface area contributed by atoms with Crippen LogP contribution in [-0.2, 0) is 10.9 Å². The van der Waals surface area contributed by atoms with E-state index >= 15 is 0 Å². The molecule has 3 aromatic carbocycles. The number of halogens is 6. The first-order valence-corrected chi connectivity index (χ1v) is 15.8. The van der Waals surface area contributed by atoms with Crippen LogP contribution in [0.2, 0.25) is 5.02 Å². The number of carbonyl (C=O) groups excluding carboxylic acids is 1. The van der Waals surface area contributed by atoms with Crippen molar-refractivity contribution in [3.8, 4) is 0 Å². The molecule has 1 amide bonds. The maximum Gasteiger partial charge on any atom is 0.416 e. The number of β-amino-alcohol motifs (C(OH)–C–C–N with tert-alkyl or cyclic N) is 1. The molecule has 5 rings (SSSR count). The summed E-state index contributed by atoms with van der Waals surface area (Å²) < 4.78 is 44.8. The van der Waals surface area contributed by atoms with E-state index in [1.165, 1.54) is 23.9 Å². The van der Waals surface area contributed by atoms with Crippen molar-refractivity contribution < 1.29 is 27.8 Å². The first-order chi connectivity index (χ1) is 21.0. The quantitative estimate of drug-likeness (QED) is 0.242. The molecule has 1 saturated heterocycles. The predicted molar refractivity (Wildman–Crippen MR) is 185 cm³/mol. The van der Waals surface area contributed by atoms with Gasteiger partial charge in [-0.1, -0.05) is 41.6 Å². The molecule has 254 valence electrons. The molecule has 1 fully saturated rings. The highest BCUT2D eigenvalue weighted by molar-refractivity contribution is 7.99. The van der Waals surface area contributed by atoms with Gasteiger partial charge in [0.1, 0.15) is 0 Å². The molecular weight excluding hydrogens is 684 g/mol. The summed E-state index contributed by atoms with van der Waals surface area (Å²) in [6, 6.07) is 18.8. The summed E-state index contributed by atoms with van der Waals surface area (Å²) in [5, 5.41) is 12.2. The zero-order chi connectivity index (χ0) is 31.7. The number of piperazine rings is 1. The third-order valence-corrected chi connectivity index (χ3v) is 8.47. The first kappa shape index (κ1) is 39.8. The number of alkyl halides is 3. The SMILES string of the molecule is CC(C)OC(=O)Nc1cccc(Cl)c1.Cl.Cl.OCCN1CCN(CCCN2c3ccccc3Sc3ccc(C(F)(F)F)cc32)CC1. The standard InChI is InChI=1S/C22H26F3N3OS.C10H12ClNO2.2ClH/c23-22(24,25)17-6-7-21-19(16-17)28(18-4-1-2-5-20(18)30-21)9-3-8-26-10-12-27(13-11-26)14-15-29;1-7(2)14-10(13)12-9-5-3-4-8(11)6-9;;/h1-2,4-7,16,29H,3,8-15H2;3-7H,1-2H3,(H,12,13);2*1H. The number of anilines is 3. The molecule has 46 heavy (non-hydrogen) atoms. The lowest BCUT2D eigenvalue weighted by molar-refractivity contribution is -0.137. The minimum atomic E-state index is -4.35. The van der Waals surface area contributed by atoms with E-state index in [-0.39, 0.29) is 37.5 Å². The van der Waals surface area contributed by atoms with Gasteiger partial charge in [-0.15, -0.1) is 24.8 Å². The number of fused-ring (bicyclic) bond motifs is 2. The Balaban J connectivity index is 0.000000392. The normalized spacial score (nSPS) is 14.6. The second-order valence-electron chi connectivity index (χ2n) is 10.8. The molecule has 2 aliphatic heterocycles. The van der Waals surface area contributed by atoms with Crippen molar-refractivity contribution in [3.63, 3.8) is 0 Å². The highest BCUT2D eigenvalue weighted by atomic mass is 35.5. The van der Waals surface area contributed by atoms with Crippen LogP contribution in [-0.4, -0.2) is 79.5 Å². The van der Waals surface area contributed by atoms with E-state index in [2.05, 4.69) is 15.1 Å². The molecular formula is C32H40Cl3F3N4O3S. The van der Waals surface area contributed by atoms with Crippen molar-refractivity contribution in [3.05, 3.63) is 77.3 Å². The van der Waals surface area contributed by atoms with E-state index in [0.717, 1.165) is 54.6 Å². The summed E-state index contributed by atoms with van der Waals surface area (Å²) in [6.45, 7) is 9.87. The summed E-state index contributed by atoms with van der Waals surface area (Å²) in [4.78, 5) is 19.8. The van der Waals surface area contributed by atoms with Crippen molar-refractivity contribution in [2.24, 2.45) is 0 Å². The summed E-state index contributed by atoms with van der Waals surface area (Å²) >= 11 is 7.27. The van der Waals surface area contributed by atoms with Gasteiger partial charge in [0, 0.05) is 59.8 Å². The topological polar surface area (TPSA) is 68.3 Å². The number of hydrogen-bond acceptors (Lipinski definition) is 7. The molecule has 0 unspecified atom stereocenters. The maximum absolute atomic E-state index is 13.3. The summed E-state index contributed by atoms with van der Waals surface area (Å²) in [6.07, 6.45) is -4.08. The number of nitrogens with one attached hydrogen (secondary N) is 1. The Labute approximate surface area is 290 Å². The second-order valence-corrected chi connectivity index (χ2v) is 12.3. The Morgan fingerprint density at radius 3 is 2.20 bits per heavy atom. The fourth-order valence-corrected chi connectivity index (χ4v) is 6.27. The third-order valence-electron chi connectivity index (χ3n) is 7.10. The molecule has 3 aromatic rings. The Kier molecular flexibility index (Phi) is 16.3. The van der Waals surface area contributed by atoms with Gasteiger partial charge >= 0.3 is 12.3 Å².